The number of rotatable bonds is 6. The Hall–Kier alpha value is -1.09. The first-order valence-corrected chi connectivity index (χ1v) is 5.46. The zero-order valence-electron chi connectivity index (χ0n) is 9.79. The summed E-state index contributed by atoms with van der Waals surface area (Å²) in [5, 5.41) is 3.41. The summed E-state index contributed by atoms with van der Waals surface area (Å²) in [6.45, 7) is 6.39. The van der Waals surface area contributed by atoms with Gasteiger partial charge in [0.2, 0.25) is 5.88 Å². The van der Waals surface area contributed by atoms with Crippen LogP contribution < -0.4 is 10.1 Å². The Labute approximate surface area is 91.9 Å². The third-order valence-electron chi connectivity index (χ3n) is 2.53. The van der Waals surface area contributed by atoms with Crippen LogP contribution in [0.4, 0.5) is 0 Å². The van der Waals surface area contributed by atoms with E-state index < -0.39 is 0 Å². The number of hydrogen-bond donors (Lipinski definition) is 1. The van der Waals surface area contributed by atoms with Crippen molar-refractivity contribution in [3.8, 4) is 5.88 Å². The molecule has 3 heteroatoms. The second-order valence-corrected chi connectivity index (χ2v) is 3.85. The SMILES string of the molecule is CCC(C)CNCc1ccc(OC)nc1. The van der Waals surface area contributed by atoms with Crippen LogP contribution in [0.3, 0.4) is 0 Å². The first-order chi connectivity index (χ1) is 7.26. The lowest BCUT2D eigenvalue weighted by Gasteiger charge is -2.09. The minimum Gasteiger partial charge on any atom is -0.481 e. The molecule has 0 aliphatic carbocycles. The van der Waals surface area contributed by atoms with Crippen LogP contribution in [0.25, 0.3) is 0 Å². The fraction of sp³-hybridized carbons (Fsp3) is 0.583. The average molecular weight is 208 g/mol. The second-order valence-electron chi connectivity index (χ2n) is 3.85. The molecule has 0 bridgehead atoms. The van der Waals surface area contributed by atoms with Crippen LogP contribution in [0.2, 0.25) is 0 Å². The molecule has 0 radical (unpaired) electrons. The molecule has 0 amide bonds. The molecular weight excluding hydrogens is 188 g/mol. The smallest absolute Gasteiger partial charge is 0.212 e. The summed E-state index contributed by atoms with van der Waals surface area (Å²) in [5.41, 5.74) is 1.19. The third-order valence-corrected chi connectivity index (χ3v) is 2.53. The standard InChI is InChI=1S/C12H20N2O/c1-4-10(2)7-13-8-11-5-6-12(15-3)14-9-11/h5-6,9-10,13H,4,7-8H2,1-3H3. The van der Waals surface area contributed by atoms with Gasteiger partial charge in [0, 0.05) is 18.8 Å². The van der Waals surface area contributed by atoms with Crippen LogP contribution in [-0.4, -0.2) is 18.6 Å². The van der Waals surface area contributed by atoms with Crippen LogP contribution in [-0.2, 0) is 6.54 Å². The fourth-order valence-corrected chi connectivity index (χ4v) is 1.24. The quantitative estimate of drug-likeness (QED) is 0.778. The predicted octanol–water partition coefficient (Wildman–Crippen LogP) is 2.23. The van der Waals surface area contributed by atoms with E-state index in [9.17, 15) is 0 Å². The van der Waals surface area contributed by atoms with Crippen molar-refractivity contribution in [3.05, 3.63) is 23.9 Å². The largest absolute Gasteiger partial charge is 0.481 e. The van der Waals surface area contributed by atoms with Gasteiger partial charge in [-0.15, -0.1) is 0 Å². The van der Waals surface area contributed by atoms with Gasteiger partial charge in [-0.05, 0) is 18.0 Å². The molecule has 1 unspecified atom stereocenters. The van der Waals surface area contributed by atoms with Crippen LogP contribution in [0.1, 0.15) is 25.8 Å². The maximum Gasteiger partial charge on any atom is 0.212 e. The van der Waals surface area contributed by atoms with Crippen LogP contribution >= 0.6 is 0 Å². The maximum atomic E-state index is 5.00. The van der Waals surface area contributed by atoms with E-state index in [1.807, 2.05) is 18.3 Å². The Balaban J connectivity index is 2.31. The fourth-order valence-electron chi connectivity index (χ4n) is 1.24. The summed E-state index contributed by atoms with van der Waals surface area (Å²) >= 11 is 0. The van der Waals surface area contributed by atoms with Crippen molar-refractivity contribution in [1.82, 2.24) is 10.3 Å². The normalized spacial score (nSPS) is 12.5. The van der Waals surface area contributed by atoms with Gasteiger partial charge in [0.25, 0.3) is 0 Å². The first-order valence-electron chi connectivity index (χ1n) is 5.46. The minimum absolute atomic E-state index is 0.667. The Morgan fingerprint density at radius 2 is 2.27 bits per heavy atom. The van der Waals surface area contributed by atoms with Gasteiger partial charge in [-0.1, -0.05) is 26.3 Å². The summed E-state index contributed by atoms with van der Waals surface area (Å²) in [4.78, 5) is 4.15. The molecule has 1 aromatic rings. The predicted molar refractivity (Wildman–Crippen MR) is 62.0 cm³/mol. The van der Waals surface area contributed by atoms with Crippen molar-refractivity contribution >= 4 is 0 Å². The molecule has 3 nitrogen and oxygen atoms in total. The van der Waals surface area contributed by atoms with Gasteiger partial charge >= 0.3 is 0 Å². The van der Waals surface area contributed by atoms with E-state index in [2.05, 4.69) is 24.1 Å². The summed E-state index contributed by atoms with van der Waals surface area (Å²) < 4.78 is 5.00. The molecule has 84 valence electrons. The zero-order chi connectivity index (χ0) is 11.1. The average Bonchev–Trinajstić information content (AvgIpc) is 2.29. The van der Waals surface area contributed by atoms with Crippen molar-refractivity contribution in [2.75, 3.05) is 13.7 Å². The van der Waals surface area contributed by atoms with Gasteiger partial charge in [-0.25, -0.2) is 4.98 Å². The van der Waals surface area contributed by atoms with Crippen LogP contribution in [0, 0.1) is 5.92 Å². The van der Waals surface area contributed by atoms with Crippen molar-refractivity contribution in [2.24, 2.45) is 5.92 Å². The van der Waals surface area contributed by atoms with Crippen LogP contribution in [0.5, 0.6) is 5.88 Å². The summed E-state index contributed by atoms with van der Waals surface area (Å²) in [6, 6.07) is 3.93. The van der Waals surface area contributed by atoms with Crippen molar-refractivity contribution in [1.29, 1.82) is 0 Å². The van der Waals surface area contributed by atoms with Gasteiger partial charge < -0.3 is 10.1 Å². The molecule has 0 aliphatic heterocycles. The molecule has 1 rings (SSSR count). The van der Waals surface area contributed by atoms with E-state index in [1.54, 1.807) is 7.11 Å². The van der Waals surface area contributed by atoms with E-state index in [-0.39, 0.29) is 0 Å². The molecule has 0 saturated heterocycles. The number of nitrogens with one attached hydrogen (secondary N) is 1. The highest BCUT2D eigenvalue weighted by molar-refractivity contribution is 5.17. The lowest BCUT2D eigenvalue weighted by Crippen LogP contribution is -2.20. The van der Waals surface area contributed by atoms with Gasteiger partial charge in [0.1, 0.15) is 0 Å². The lowest BCUT2D eigenvalue weighted by molar-refractivity contribution is 0.397. The molecule has 1 N–H and O–H groups in total. The molecule has 0 saturated carbocycles. The van der Waals surface area contributed by atoms with E-state index in [0.717, 1.165) is 19.0 Å². The molecule has 1 atom stereocenters. The number of methoxy groups -OCH3 is 1. The van der Waals surface area contributed by atoms with E-state index in [1.165, 1.54) is 12.0 Å². The summed E-state index contributed by atoms with van der Waals surface area (Å²) in [7, 11) is 1.63. The minimum atomic E-state index is 0.667. The van der Waals surface area contributed by atoms with Gasteiger partial charge in [-0.3, -0.25) is 0 Å². The number of ether oxygens (including phenoxy) is 1. The molecule has 0 fully saturated rings. The lowest BCUT2D eigenvalue weighted by atomic mass is 10.1. The number of hydrogen-bond acceptors (Lipinski definition) is 3. The zero-order valence-corrected chi connectivity index (χ0v) is 9.79. The maximum absolute atomic E-state index is 5.00. The van der Waals surface area contributed by atoms with Crippen molar-refractivity contribution < 1.29 is 4.74 Å². The van der Waals surface area contributed by atoms with Crippen molar-refractivity contribution in [3.63, 3.8) is 0 Å². The topological polar surface area (TPSA) is 34.1 Å². The molecule has 1 aromatic heterocycles. The number of nitrogens with zero attached hydrogens (tertiary/aromatic N) is 1. The molecule has 0 spiro atoms. The van der Waals surface area contributed by atoms with E-state index >= 15 is 0 Å². The Bertz CT molecular complexity index is 271. The first kappa shape index (κ1) is 12.0. The van der Waals surface area contributed by atoms with Crippen LogP contribution in [0.15, 0.2) is 18.3 Å². The number of aromatic nitrogens is 1. The van der Waals surface area contributed by atoms with Gasteiger partial charge in [0.05, 0.1) is 7.11 Å². The molecule has 0 aromatic carbocycles. The number of pyridine rings is 1. The molecule has 1 heterocycles. The molecule has 15 heavy (non-hydrogen) atoms. The van der Waals surface area contributed by atoms with Gasteiger partial charge in [-0.2, -0.15) is 0 Å². The Morgan fingerprint density at radius 1 is 1.47 bits per heavy atom. The highest BCUT2D eigenvalue weighted by atomic mass is 16.5. The second kappa shape index (κ2) is 6.40. The van der Waals surface area contributed by atoms with E-state index in [4.69, 9.17) is 4.74 Å². The third kappa shape index (κ3) is 4.30. The summed E-state index contributed by atoms with van der Waals surface area (Å²) in [5.74, 6) is 1.40. The Morgan fingerprint density at radius 3 is 2.80 bits per heavy atom. The highest BCUT2D eigenvalue weighted by Gasteiger charge is 1.98. The molecular formula is C12H20N2O. The van der Waals surface area contributed by atoms with E-state index in [0.29, 0.717) is 5.88 Å². The Kier molecular flexibility index (Phi) is 5.12. The van der Waals surface area contributed by atoms with Gasteiger partial charge in [0.15, 0.2) is 0 Å². The monoisotopic (exact) mass is 208 g/mol. The molecule has 0 aliphatic rings. The summed E-state index contributed by atoms with van der Waals surface area (Å²) in [6.07, 6.45) is 3.07. The van der Waals surface area contributed by atoms with Crippen molar-refractivity contribution in [2.45, 2.75) is 26.8 Å². The highest BCUT2D eigenvalue weighted by Crippen LogP contribution is 2.06.